The molecule has 34 heavy (non-hydrogen) atoms. The summed E-state index contributed by atoms with van der Waals surface area (Å²) in [5, 5.41) is 0. The van der Waals surface area contributed by atoms with Crippen molar-refractivity contribution in [3.05, 3.63) is 121 Å². The molecule has 0 aromatic heterocycles. The van der Waals surface area contributed by atoms with Crippen LogP contribution in [0.3, 0.4) is 0 Å². The van der Waals surface area contributed by atoms with Gasteiger partial charge in [0.15, 0.2) is 0 Å². The van der Waals surface area contributed by atoms with Crippen molar-refractivity contribution in [3.8, 4) is 0 Å². The minimum absolute atomic E-state index is 0.188. The van der Waals surface area contributed by atoms with Crippen LogP contribution in [0.15, 0.2) is 121 Å². The summed E-state index contributed by atoms with van der Waals surface area (Å²) in [6.07, 6.45) is 0. The third kappa shape index (κ3) is 8.33. The Balaban J connectivity index is 0.000000191. The van der Waals surface area contributed by atoms with Gasteiger partial charge in [0.1, 0.15) is 0 Å². The van der Waals surface area contributed by atoms with Gasteiger partial charge in [-0.1, -0.05) is 0 Å². The van der Waals surface area contributed by atoms with Crippen molar-refractivity contribution >= 4 is 66.6 Å². The number of carbonyl (C=O) groups excluding carboxylic acids is 2. The molecule has 4 nitrogen and oxygen atoms in total. The van der Waals surface area contributed by atoms with Crippen LogP contribution in [0.4, 0.5) is 0 Å². The second kappa shape index (κ2) is 14.0. The molecule has 4 aromatic carbocycles. The van der Waals surface area contributed by atoms with Gasteiger partial charge in [0.05, 0.1) is 0 Å². The van der Waals surface area contributed by atoms with E-state index in [2.05, 4.69) is 0 Å². The molecule has 0 aliphatic rings. The molecule has 4 aromatic rings. The molecule has 0 aliphatic carbocycles. The molecule has 0 amide bonds. The Labute approximate surface area is 216 Å². The van der Waals surface area contributed by atoms with Crippen LogP contribution < -0.4 is 14.3 Å². The van der Waals surface area contributed by atoms with Crippen LogP contribution in [0.2, 0.25) is 0 Å². The van der Waals surface area contributed by atoms with E-state index < -0.39 is 40.3 Å². The Morgan fingerprint density at radius 1 is 0.441 bits per heavy atom. The average Bonchev–Trinajstić information content (AvgIpc) is 2.88. The Bertz CT molecular complexity index is 980. The molecule has 0 aliphatic heterocycles. The number of rotatable bonds is 6. The zero-order valence-corrected chi connectivity index (χ0v) is 24.9. The van der Waals surface area contributed by atoms with Crippen molar-refractivity contribution < 1.29 is 15.7 Å². The van der Waals surface area contributed by atoms with E-state index in [9.17, 15) is 9.59 Å². The zero-order chi connectivity index (χ0) is 24.2. The SMILES string of the molecule is CC(=O)[O][Sn]([c]1ccccc1)[c]1ccccc1.CC(=O)[O][Sn]([c]1ccccc1)[c]1ccccc1. The van der Waals surface area contributed by atoms with Crippen molar-refractivity contribution in [3.63, 3.8) is 0 Å². The van der Waals surface area contributed by atoms with Crippen LogP contribution in [-0.4, -0.2) is 52.3 Å². The zero-order valence-electron chi connectivity index (χ0n) is 19.2. The van der Waals surface area contributed by atoms with Crippen molar-refractivity contribution in [2.75, 3.05) is 0 Å². The normalized spacial score (nSPS) is 10.2. The van der Waals surface area contributed by atoms with Gasteiger partial charge in [-0.15, -0.1) is 0 Å². The third-order valence-electron chi connectivity index (χ3n) is 4.64. The monoisotopic (exact) mass is 666 g/mol. The van der Waals surface area contributed by atoms with Crippen LogP contribution in [0.1, 0.15) is 13.8 Å². The molecule has 0 saturated heterocycles. The number of carbonyl (C=O) groups is 2. The first-order valence-corrected chi connectivity index (χ1v) is 18.9. The van der Waals surface area contributed by atoms with Gasteiger partial charge in [-0.25, -0.2) is 0 Å². The predicted octanol–water partition coefficient (Wildman–Crippen LogP) is 2.71. The topological polar surface area (TPSA) is 52.6 Å². The molecule has 0 bridgehead atoms. The van der Waals surface area contributed by atoms with Crippen LogP contribution in [0.5, 0.6) is 0 Å². The van der Waals surface area contributed by atoms with Crippen molar-refractivity contribution in [2.24, 2.45) is 0 Å². The average molecular weight is 664 g/mol. The van der Waals surface area contributed by atoms with E-state index >= 15 is 0 Å². The first-order chi connectivity index (χ1) is 16.5. The molecule has 0 heterocycles. The summed E-state index contributed by atoms with van der Waals surface area (Å²) >= 11 is -4.99. The molecule has 2 radical (unpaired) electrons. The van der Waals surface area contributed by atoms with Crippen LogP contribution >= 0.6 is 0 Å². The molecule has 170 valence electrons. The molecule has 0 N–H and O–H groups in total. The summed E-state index contributed by atoms with van der Waals surface area (Å²) < 4.78 is 15.9. The molecule has 0 saturated carbocycles. The summed E-state index contributed by atoms with van der Waals surface area (Å²) in [4.78, 5) is 22.5. The maximum atomic E-state index is 11.2. The van der Waals surface area contributed by atoms with Crippen molar-refractivity contribution in [1.29, 1.82) is 0 Å². The summed E-state index contributed by atoms with van der Waals surface area (Å²) in [5.74, 6) is -0.376. The fraction of sp³-hybridized carbons (Fsp3) is 0.0714. The van der Waals surface area contributed by atoms with Gasteiger partial charge in [-0.3, -0.25) is 0 Å². The van der Waals surface area contributed by atoms with Crippen LogP contribution in [0, 0.1) is 0 Å². The van der Waals surface area contributed by atoms with E-state index in [0.717, 1.165) is 0 Å². The first-order valence-electron chi connectivity index (χ1n) is 10.9. The molecule has 0 fully saturated rings. The maximum absolute atomic E-state index is 11.2. The van der Waals surface area contributed by atoms with E-state index in [-0.39, 0.29) is 11.9 Å². The first kappa shape index (κ1) is 26.0. The van der Waals surface area contributed by atoms with Crippen molar-refractivity contribution in [2.45, 2.75) is 13.8 Å². The number of hydrogen-bond donors (Lipinski definition) is 0. The van der Waals surface area contributed by atoms with Gasteiger partial charge in [-0.05, 0) is 0 Å². The summed E-state index contributed by atoms with van der Waals surface area (Å²) in [7, 11) is 0. The second-order valence-electron chi connectivity index (χ2n) is 7.31. The van der Waals surface area contributed by atoms with Crippen LogP contribution in [-0.2, 0) is 15.7 Å². The Hall–Kier alpha value is -2.58. The molecule has 0 unspecified atom stereocenters. The molecule has 0 spiro atoms. The minimum atomic E-state index is -2.50. The summed E-state index contributed by atoms with van der Waals surface area (Å²) in [6.45, 7) is 2.96. The molecular weight excluding hydrogens is 638 g/mol. The fourth-order valence-corrected chi connectivity index (χ4v) is 13.8. The van der Waals surface area contributed by atoms with E-state index in [1.54, 1.807) is 0 Å². The fourth-order valence-electron chi connectivity index (χ4n) is 3.21. The predicted molar refractivity (Wildman–Crippen MR) is 139 cm³/mol. The Morgan fingerprint density at radius 2 is 0.647 bits per heavy atom. The van der Waals surface area contributed by atoms with Gasteiger partial charge in [-0.2, -0.15) is 0 Å². The van der Waals surface area contributed by atoms with Crippen molar-refractivity contribution in [1.82, 2.24) is 0 Å². The Kier molecular flexibility index (Phi) is 10.7. The van der Waals surface area contributed by atoms with Gasteiger partial charge in [0, 0.05) is 0 Å². The van der Waals surface area contributed by atoms with Gasteiger partial charge in [0.2, 0.25) is 0 Å². The summed E-state index contributed by atoms with van der Waals surface area (Å²) in [6, 6.07) is 40.2. The van der Waals surface area contributed by atoms with Gasteiger partial charge < -0.3 is 0 Å². The van der Waals surface area contributed by atoms with Crippen LogP contribution in [0.25, 0.3) is 0 Å². The second-order valence-corrected chi connectivity index (χ2v) is 18.8. The molecular formula is C28H26O4Sn2. The van der Waals surface area contributed by atoms with E-state index in [4.69, 9.17) is 6.15 Å². The molecule has 4 rings (SSSR count). The Morgan fingerprint density at radius 3 is 0.824 bits per heavy atom. The van der Waals surface area contributed by atoms with E-state index in [0.29, 0.717) is 0 Å². The summed E-state index contributed by atoms with van der Waals surface area (Å²) in [5.41, 5.74) is 0. The third-order valence-corrected chi connectivity index (χ3v) is 17.2. The quantitative estimate of drug-likeness (QED) is 0.298. The molecule has 6 heteroatoms. The standard InChI is InChI=1S/4C6H5.2C2H4O2.2Sn/c4*1-2-4-6-5-3-1;2*1-2(3)4;;/h4*1-5H;2*1H3,(H,3,4);;/q;;;;;;2*+1/p-2. The molecule has 0 atom stereocenters. The van der Waals surface area contributed by atoms with Gasteiger partial charge >= 0.3 is 218 Å². The van der Waals surface area contributed by atoms with E-state index in [1.165, 1.54) is 28.2 Å². The van der Waals surface area contributed by atoms with E-state index in [1.807, 2.05) is 121 Å². The number of benzene rings is 4. The number of hydrogen-bond acceptors (Lipinski definition) is 4. The van der Waals surface area contributed by atoms with Gasteiger partial charge in [0.25, 0.3) is 0 Å².